The molecule has 2 radical (unpaired) electrons. The van der Waals surface area contributed by atoms with E-state index in [-0.39, 0.29) is 0 Å². The van der Waals surface area contributed by atoms with Crippen LogP contribution in [0, 0.1) is 6.61 Å². The summed E-state index contributed by atoms with van der Waals surface area (Å²) >= 11 is 0. The Bertz CT molecular complexity index is 81.8. The van der Waals surface area contributed by atoms with Crippen LogP contribution in [0.15, 0.2) is 4.99 Å². The van der Waals surface area contributed by atoms with Crippen molar-refractivity contribution in [1.82, 2.24) is 0 Å². The predicted octanol–water partition coefficient (Wildman–Crippen LogP) is 0.0562. The zero-order valence-corrected chi connectivity index (χ0v) is 3.92. The fourth-order valence-electron chi connectivity index (χ4n) is 0.319. The molecule has 0 amide bonds. The minimum atomic E-state index is -0.444. The number of hydrogen-bond donors (Lipinski definition) is 0. The number of aliphatic imine (C=N–C) groups is 1. The first-order valence-electron chi connectivity index (χ1n) is 1.89. The van der Waals surface area contributed by atoms with Crippen LogP contribution in [0.1, 0.15) is 0 Å². The van der Waals surface area contributed by atoms with Crippen molar-refractivity contribution in [1.29, 1.82) is 0 Å². The van der Waals surface area contributed by atoms with Crippen LogP contribution < -0.4 is 0 Å². The number of nitrogens with zero attached hydrogens (tertiary/aromatic N) is 1. The summed E-state index contributed by atoms with van der Waals surface area (Å²) in [6.45, 7) is 2.41. The van der Waals surface area contributed by atoms with Crippen LogP contribution in [0.4, 0.5) is 0 Å². The zero-order valence-electron chi connectivity index (χ0n) is 3.92. The molecule has 0 aromatic carbocycles. The lowest BCUT2D eigenvalue weighted by molar-refractivity contribution is -0.0739. The van der Waals surface area contributed by atoms with E-state index >= 15 is 0 Å². The topological polar surface area (TPSA) is 30.8 Å². The second-order valence-electron chi connectivity index (χ2n) is 1.06. The molecule has 1 atom stereocenters. The molecule has 0 spiro atoms. The Morgan fingerprint density at radius 2 is 2.86 bits per heavy atom. The van der Waals surface area contributed by atoms with E-state index in [1.807, 2.05) is 0 Å². The molecule has 3 nitrogen and oxygen atoms in total. The first-order valence-corrected chi connectivity index (χ1v) is 1.89. The Hall–Kier alpha value is -0.410. The predicted molar refractivity (Wildman–Crippen MR) is 23.6 cm³/mol. The number of ether oxygens (including phenoxy) is 2. The van der Waals surface area contributed by atoms with E-state index < -0.39 is 6.41 Å². The lowest BCUT2D eigenvalue weighted by Crippen LogP contribution is -2.03. The van der Waals surface area contributed by atoms with Crippen LogP contribution in [-0.2, 0) is 9.47 Å². The van der Waals surface area contributed by atoms with Gasteiger partial charge in [0.15, 0.2) is 6.61 Å². The highest BCUT2D eigenvalue weighted by Gasteiger charge is 2.07. The van der Waals surface area contributed by atoms with Crippen LogP contribution >= 0.6 is 0 Å². The Morgan fingerprint density at radius 1 is 2.00 bits per heavy atom. The van der Waals surface area contributed by atoms with Gasteiger partial charge < -0.3 is 9.47 Å². The van der Waals surface area contributed by atoms with Crippen LogP contribution in [0.5, 0.6) is 0 Å². The molecule has 3 heteroatoms. The van der Waals surface area contributed by atoms with Gasteiger partial charge in [0, 0.05) is 13.3 Å². The molecule has 1 heterocycles. The van der Waals surface area contributed by atoms with Crippen molar-refractivity contribution in [3.05, 3.63) is 6.61 Å². The van der Waals surface area contributed by atoms with E-state index in [1.165, 1.54) is 13.3 Å². The van der Waals surface area contributed by atoms with Crippen LogP contribution in [0.2, 0.25) is 0 Å². The van der Waals surface area contributed by atoms with E-state index in [4.69, 9.17) is 0 Å². The third-order valence-electron chi connectivity index (χ3n) is 0.619. The minimum Gasteiger partial charge on any atom is -0.337 e. The summed E-state index contributed by atoms with van der Waals surface area (Å²) in [6, 6.07) is 0. The van der Waals surface area contributed by atoms with Gasteiger partial charge in [-0.05, 0) is 0 Å². The van der Waals surface area contributed by atoms with Gasteiger partial charge in [-0.3, -0.25) is 0 Å². The van der Waals surface area contributed by atoms with Gasteiger partial charge in [0.1, 0.15) is 0 Å². The molecule has 0 saturated heterocycles. The molecule has 1 aliphatic rings. The zero-order chi connectivity index (χ0) is 5.11. The van der Waals surface area contributed by atoms with Gasteiger partial charge in [0.05, 0.1) is 0 Å². The molecule has 0 N–H and O–H groups in total. The molecule has 1 unspecified atom stereocenters. The quantitative estimate of drug-likeness (QED) is 0.465. The molecule has 0 aliphatic carbocycles. The van der Waals surface area contributed by atoms with E-state index in [0.717, 1.165) is 0 Å². The molecular weight excluding hydrogens is 94.0 g/mol. The summed E-state index contributed by atoms with van der Waals surface area (Å²) in [5.41, 5.74) is 0. The normalized spacial score (nSPS) is 29.0. The molecular formula is C4H5NO2. The van der Waals surface area contributed by atoms with Gasteiger partial charge in [0.25, 0.3) is 6.41 Å². The van der Waals surface area contributed by atoms with Gasteiger partial charge >= 0.3 is 0 Å². The molecule has 1 rings (SSSR count). The Labute approximate surface area is 42.0 Å². The highest BCUT2D eigenvalue weighted by molar-refractivity contribution is 5.66. The van der Waals surface area contributed by atoms with Crippen molar-refractivity contribution in [3.8, 4) is 0 Å². The largest absolute Gasteiger partial charge is 0.337 e. The minimum absolute atomic E-state index is 0.444. The monoisotopic (exact) mass is 99.0 g/mol. The van der Waals surface area contributed by atoms with Gasteiger partial charge in [0.2, 0.25) is 0 Å². The molecule has 0 fully saturated rings. The van der Waals surface area contributed by atoms with Crippen molar-refractivity contribution in [2.24, 2.45) is 4.99 Å². The second kappa shape index (κ2) is 2.04. The molecule has 0 bridgehead atoms. The molecule has 38 valence electrons. The van der Waals surface area contributed by atoms with Gasteiger partial charge in [-0.25, -0.2) is 4.99 Å². The third kappa shape index (κ3) is 0.976. The first kappa shape index (κ1) is 4.74. The Morgan fingerprint density at radius 3 is 3.14 bits per heavy atom. The fourth-order valence-corrected chi connectivity index (χ4v) is 0.319. The van der Waals surface area contributed by atoms with Crippen molar-refractivity contribution in [3.63, 3.8) is 0 Å². The van der Waals surface area contributed by atoms with Crippen LogP contribution in [0.3, 0.4) is 0 Å². The third-order valence-corrected chi connectivity index (χ3v) is 0.619. The summed E-state index contributed by atoms with van der Waals surface area (Å²) in [5, 5.41) is 0. The van der Waals surface area contributed by atoms with Gasteiger partial charge in [-0.2, -0.15) is 0 Å². The molecule has 0 saturated carbocycles. The highest BCUT2D eigenvalue weighted by atomic mass is 16.7. The first-order chi connectivity index (χ1) is 3.43. The number of hydrogen-bond acceptors (Lipinski definition) is 3. The van der Waals surface area contributed by atoms with Crippen molar-refractivity contribution in [2.75, 3.05) is 7.11 Å². The average molecular weight is 99.1 g/mol. The van der Waals surface area contributed by atoms with Crippen LogP contribution in [-0.4, -0.2) is 19.7 Å². The summed E-state index contributed by atoms with van der Waals surface area (Å²) in [6.07, 6.45) is 0.994. The van der Waals surface area contributed by atoms with Crippen molar-refractivity contribution in [2.45, 2.75) is 6.41 Å². The maximum Gasteiger partial charge on any atom is 0.258 e. The van der Waals surface area contributed by atoms with E-state index in [2.05, 4.69) is 21.1 Å². The van der Waals surface area contributed by atoms with E-state index in [0.29, 0.717) is 0 Å². The number of rotatable bonds is 1. The van der Waals surface area contributed by atoms with Crippen molar-refractivity contribution < 1.29 is 9.47 Å². The maximum atomic E-state index is 4.63. The van der Waals surface area contributed by atoms with Gasteiger partial charge in [-0.1, -0.05) is 0 Å². The summed E-state index contributed by atoms with van der Waals surface area (Å²) < 4.78 is 9.24. The second-order valence-corrected chi connectivity index (χ2v) is 1.06. The Balaban J connectivity index is 2.28. The SMILES string of the molecule is COC1N=C[C]O1. The van der Waals surface area contributed by atoms with Gasteiger partial charge in [-0.15, -0.1) is 0 Å². The summed E-state index contributed by atoms with van der Waals surface area (Å²) in [5.74, 6) is 0. The maximum absolute atomic E-state index is 4.63. The average Bonchev–Trinajstić information content (AvgIpc) is 2.14. The molecule has 7 heavy (non-hydrogen) atoms. The van der Waals surface area contributed by atoms with E-state index in [9.17, 15) is 0 Å². The summed E-state index contributed by atoms with van der Waals surface area (Å²) in [7, 11) is 1.52. The lowest BCUT2D eigenvalue weighted by atomic mass is 10.8. The molecule has 0 aromatic rings. The van der Waals surface area contributed by atoms with Crippen LogP contribution in [0.25, 0.3) is 0 Å². The van der Waals surface area contributed by atoms with E-state index in [1.54, 1.807) is 0 Å². The highest BCUT2D eigenvalue weighted by Crippen LogP contribution is 2.01. The summed E-state index contributed by atoms with van der Waals surface area (Å²) in [4.78, 5) is 3.67. The van der Waals surface area contributed by atoms with Crippen molar-refractivity contribution >= 4 is 6.21 Å². The molecule has 0 aromatic heterocycles. The molecule has 1 aliphatic heterocycles. The lowest BCUT2D eigenvalue weighted by Gasteiger charge is -1.99. The Kier molecular flexibility index (Phi) is 1.38. The smallest absolute Gasteiger partial charge is 0.258 e. The standard InChI is InChI=1S/C4H5NO2/c1-6-4-5-2-3-7-4/h2,4H,1H3. The fraction of sp³-hybridized carbons (Fsp3) is 0.500. The number of methoxy groups -OCH3 is 1.